The Bertz CT molecular complexity index is 667. The summed E-state index contributed by atoms with van der Waals surface area (Å²) in [6.07, 6.45) is 0. The minimum Gasteiger partial charge on any atom is -0.450 e. The van der Waals surface area contributed by atoms with E-state index in [2.05, 4.69) is 0 Å². The summed E-state index contributed by atoms with van der Waals surface area (Å²) in [6, 6.07) is 9.91. The van der Waals surface area contributed by atoms with Crippen molar-refractivity contribution < 1.29 is 14.6 Å². The molecule has 0 atom stereocenters. The van der Waals surface area contributed by atoms with Crippen LogP contribution in [-0.4, -0.2) is 9.85 Å². The third-order valence-electron chi connectivity index (χ3n) is 2.59. The molecule has 2 aromatic carbocycles. The zero-order valence-corrected chi connectivity index (χ0v) is 10.5. The lowest BCUT2D eigenvalue weighted by Crippen LogP contribution is -1.94. The van der Waals surface area contributed by atoms with Gasteiger partial charge in [0.05, 0.1) is 9.85 Å². The molecule has 0 saturated heterocycles. The van der Waals surface area contributed by atoms with Crippen LogP contribution in [0.1, 0.15) is 5.56 Å². The Morgan fingerprint density at radius 3 is 2.15 bits per heavy atom. The van der Waals surface area contributed by atoms with E-state index in [1.54, 1.807) is 13.0 Å². The highest BCUT2D eigenvalue weighted by molar-refractivity contribution is 5.50. The van der Waals surface area contributed by atoms with Gasteiger partial charge >= 0.3 is 5.69 Å². The summed E-state index contributed by atoms with van der Waals surface area (Å²) in [5, 5.41) is 21.5. The van der Waals surface area contributed by atoms with Gasteiger partial charge in [0, 0.05) is 18.2 Å². The molecular formula is C13H10N2O5. The SMILES string of the molecule is Cc1ccc(Oc2ccc([N+](=O)[O-])cc2)c([N+](=O)[O-])c1. The first-order chi connectivity index (χ1) is 9.47. The second-order valence-corrected chi connectivity index (χ2v) is 4.08. The van der Waals surface area contributed by atoms with E-state index in [0.717, 1.165) is 5.56 Å². The van der Waals surface area contributed by atoms with E-state index in [1.807, 2.05) is 0 Å². The first-order valence-corrected chi connectivity index (χ1v) is 5.65. The first kappa shape index (κ1) is 13.5. The van der Waals surface area contributed by atoms with E-state index >= 15 is 0 Å². The molecule has 7 nitrogen and oxygen atoms in total. The van der Waals surface area contributed by atoms with Crippen LogP contribution in [-0.2, 0) is 0 Å². The van der Waals surface area contributed by atoms with Gasteiger partial charge in [-0.15, -0.1) is 0 Å². The summed E-state index contributed by atoms with van der Waals surface area (Å²) < 4.78 is 5.40. The van der Waals surface area contributed by atoms with E-state index < -0.39 is 9.85 Å². The molecule has 0 aliphatic carbocycles. The van der Waals surface area contributed by atoms with Gasteiger partial charge in [-0.2, -0.15) is 0 Å². The standard InChI is InChI=1S/C13H10N2O5/c1-9-2-7-13(12(8-9)15(18)19)20-11-5-3-10(4-6-11)14(16)17/h2-8H,1H3. The van der Waals surface area contributed by atoms with E-state index in [0.29, 0.717) is 5.75 Å². The molecule has 0 unspecified atom stereocenters. The van der Waals surface area contributed by atoms with Gasteiger partial charge in [-0.05, 0) is 30.7 Å². The Morgan fingerprint density at radius 2 is 1.60 bits per heavy atom. The van der Waals surface area contributed by atoms with Crippen LogP contribution in [0.25, 0.3) is 0 Å². The highest BCUT2D eigenvalue weighted by atomic mass is 16.6. The quantitative estimate of drug-likeness (QED) is 0.626. The van der Waals surface area contributed by atoms with Gasteiger partial charge in [0.2, 0.25) is 5.75 Å². The van der Waals surface area contributed by atoms with Gasteiger partial charge in [0.1, 0.15) is 5.75 Å². The van der Waals surface area contributed by atoms with E-state index in [9.17, 15) is 20.2 Å². The molecule has 0 heterocycles. The second kappa shape index (κ2) is 5.35. The summed E-state index contributed by atoms with van der Waals surface area (Å²) in [5.74, 6) is 0.386. The van der Waals surface area contributed by atoms with Crippen LogP contribution in [0.2, 0.25) is 0 Å². The van der Waals surface area contributed by atoms with Crippen molar-refractivity contribution in [2.45, 2.75) is 6.92 Å². The van der Waals surface area contributed by atoms with Crippen LogP contribution >= 0.6 is 0 Å². The van der Waals surface area contributed by atoms with Gasteiger partial charge in [-0.25, -0.2) is 0 Å². The number of nitrogens with zero attached hydrogens (tertiary/aromatic N) is 2. The Hall–Kier alpha value is -2.96. The lowest BCUT2D eigenvalue weighted by Gasteiger charge is -2.06. The predicted octanol–water partition coefficient (Wildman–Crippen LogP) is 3.60. The second-order valence-electron chi connectivity index (χ2n) is 4.08. The van der Waals surface area contributed by atoms with Crippen molar-refractivity contribution in [1.29, 1.82) is 0 Å². The number of rotatable bonds is 4. The normalized spacial score (nSPS) is 10.1. The van der Waals surface area contributed by atoms with E-state index in [1.165, 1.54) is 36.4 Å². The summed E-state index contributed by atoms with van der Waals surface area (Å²) in [7, 11) is 0. The maximum Gasteiger partial charge on any atom is 0.311 e. The average Bonchev–Trinajstić information content (AvgIpc) is 2.41. The summed E-state index contributed by atoms with van der Waals surface area (Å²) in [6.45, 7) is 1.74. The number of ether oxygens (including phenoxy) is 1. The Kier molecular flexibility index (Phi) is 3.60. The van der Waals surface area contributed by atoms with Crippen molar-refractivity contribution in [1.82, 2.24) is 0 Å². The van der Waals surface area contributed by atoms with Crippen molar-refractivity contribution >= 4 is 11.4 Å². The molecule has 0 amide bonds. The van der Waals surface area contributed by atoms with Crippen LogP contribution < -0.4 is 4.74 Å². The number of non-ortho nitro benzene ring substituents is 1. The van der Waals surface area contributed by atoms with Crippen molar-refractivity contribution in [3.63, 3.8) is 0 Å². The van der Waals surface area contributed by atoms with Gasteiger partial charge in [-0.1, -0.05) is 6.07 Å². The molecule has 2 rings (SSSR count). The van der Waals surface area contributed by atoms with E-state index in [4.69, 9.17) is 4.74 Å². The largest absolute Gasteiger partial charge is 0.450 e. The van der Waals surface area contributed by atoms with Crippen LogP contribution in [0.15, 0.2) is 42.5 Å². The third-order valence-corrected chi connectivity index (χ3v) is 2.59. The third kappa shape index (κ3) is 2.89. The molecule has 0 aromatic heterocycles. The van der Waals surface area contributed by atoms with Gasteiger partial charge < -0.3 is 4.74 Å². The Morgan fingerprint density at radius 1 is 0.950 bits per heavy atom. The van der Waals surface area contributed by atoms with Gasteiger partial charge in [0.25, 0.3) is 5.69 Å². The number of aryl methyl sites for hydroxylation is 1. The monoisotopic (exact) mass is 274 g/mol. The molecule has 0 N–H and O–H groups in total. The zero-order chi connectivity index (χ0) is 14.7. The first-order valence-electron chi connectivity index (χ1n) is 5.65. The molecule has 7 heteroatoms. The number of nitro groups is 2. The highest BCUT2D eigenvalue weighted by Gasteiger charge is 2.16. The summed E-state index contributed by atoms with van der Waals surface area (Å²) >= 11 is 0. The number of hydrogen-bond acceptors (Lipinski definition) is 5. The topological polar surface area (TPSA) is 95.5 Å². The Labute approximate surface area is 113 Å². The Balaban J connectivity index is 2.30. The number of benzene rings is 2. The lowest BCUT2D eigenvalue weighted by molar-refractivity contribution is -0.385. The molecule has 0 bridgehead atoms. The molecule has 102 valence electrons. The van der Waals surface area contributed by atoms with Crippen LogP contribution in [0, 0.1) is 27.2 Å². The lowest BCUT2D eigenvalue weighted by atomic mass is 10.2. The van der Waals surface area contributed by atoms with Crippen molar-refractivity contribution in [3.8, 4) is 11.5 Å². The van der Waals surface area contributed by atoms with Crippen LogP contribution in [0.3, 0.4) is 0 Å². The minimum atomic E-state index is -0.534. The summed E-state index contributed by atoms with van der Waals surface area (Å²) in [4.78, 5) is 20.4. The average molecular weight is 274 g/mol. The zero-order valence-electron chi connectivity index (χ0n) is 10.5. The van der Waals surface area contributed by atoms with Crippen molar-refractivity contribution in [2.24, 2.45) is 0 Å². The smallest absolute Gasteiger partial charge is 0.311 e. The molecule has 2 aromatic rings. The fraction of sp³-hybridized carbons (Fsp3) is 0.0769. The van der Waals surface area contributed by atoms with Crippen molar-refractivity contribution in [3.05, 3.63) is 68.3 Å². The molecule has 0 spiro atoms. The molecule has 20 heavy (non-hydrogen) atoms. The van der Waals surface area contributed by atoms with Gasteiger partial charge in [0.15, 0.2) is 0 Å². The van der Waals surface area contributed by atoms with Crippen molar-refractivity contribution in [2.75, 3.05) is 0 Å². The van der Waals surface area contributed by atoms with Crippen LogP contribution in [0.4, 0.5) is 11.4 Å². The molecule has 0 radical (unpaired) electrons. The highest BCUT2D eigenvalue weighted by Crippen LogP contribution is 2.32. The maximum absolute atomic E-state index is 10.9. The fourth-order valence-corrected chi connectivity index (χ4v) is 1.62. The van der Waals surface area contributed by atoms with Gasteiger partial charge in [-0.3, -0.25) is 20.2 Å². The fourth-order valence-electron chi connectivity index (χ4n) is 1.62. The molecule has 0 aliphatic heterocycles. The minimum absolute atomic E-state index is 0.0734. The van der Waals surface area contributed by atoms with Crippen LogP contribution in [0.5, 0.6) is 11.5 Å². The maximum atomic E-state index is 10.9. The van der Waals surface area contributed by atoms with E-state index in [-0.39, 0.29) is 17.1 Å². The number of hydrogen-bond donors (Lipinski definition) is 0. The molecule has 0 aliphatic rings. The number of nitro benzene ring substituents is 2. The summed E-state index contributed by atoms with van der Waals surface area (Å²) in [5.41, 5.74) is 0.520. The molecule has 0 fully saturated rings. The molecular weight excluding hydrogens is 264 g/mol. The molecule has 0 saturated carbocycles. The predicted molar refractivity (Wildman–Crippen MR) is 71.0 cm³/mol.